The number of halogens is 1. The van der Waals surface area contributed by atoms with Crippen LogP contribution in [0.5, 0.6) is 0 Å². The summed E-state index contributed by atoms with van der Waals surface area (Å²) in [4.78, 5) is 9.02. The summed E-state index contributed by atoms with van der Waals surface area (Å²) in [6.45, 7) is 12.6. The number of hydrogen-bond acceptors (Lipinski definition) is 4. The van der Waals surface area contributed by atoms with Crippen molar-refractivity contribution in [1.82, 2.24) is 14.7 Å². The van der Waals surface area contributed by atoms with Crippen LogP contribution in [0.15, 0.2) is 59.9 Å². The topological polar surface area (TPSA) is 72.0 Å². The van der Waals surface area contributed by atoms with Gasteiger partial charge in [0.1, 0.15) is 0 Å². The fourth-order valence-corrected chi connectivity index (χ4v) is 4.72. The molecule has 0 radical (unpaired) electrons. The van der Waals surface area contributed by atoms with Gasteiger partial charge >= 0.3 is 0 Å². The molecule has 3 rings (SSSR count). The monoisotopic (exact) mass is 471 g/mol. The number of benzene rings is 1. The third-order valence-corrected chi connectivity index (χ3v) is 6.67. The third kappa shape index (κ3) is 5.94. The normalized spacial score (nSPS) is 12.7. The van der Waals surface area contributed by atoms with Gasteiger partial charge in [0.2, 0.25) is 10.0 Å². The van der Waals surface area contributed by atoms with Crippen molar-refractivity contribution in [3.8, 4) is 22.3 Å². The molecule has 32 heavy (non-hydrogen) atoms. The molecule has 1 N–H and O–H groups in total. The number of nitrogens with one attached hydrogen (secondary N) is 1. The van der Waals surface area contributed by atoms with Crippen LogP contribution in [0.4, 0.5) is 0 Å². The minimum absolute atomic E-state index is 0.0628. The van der Waals surface area contributed by atoms with E-state index in [0.717, 1.165) is 27.9 Å². The number of aromatic nitrogens is 2. The van der Waals surface area contributed by atoms with E-state index in [-0.39, 0.29) is 15.7 Å². The van der Waals surface area contributed by atoms with Crippen LogP contribution in [0, 0.1) is 5.41 Å². The van der Waals surface area contributed by atoms with Gasteiger partial charge in [-0.25, -0.2) is 13.1 Å². The molecule has 2 aromatic heterocycles. The van der Waals surface area contributed by atoms with E-state index in [1.54, 1.807) is 30.7 Å². The average Bonchev–Trinajstić information content (AvgIpc) is 2.71. The lowest BCUT2D eigenvalue weighted by atomic mass is 9.90. The van der Waals surface area contributed by atoms with Gasteiger partial charge in [0, 0.05) is 58.0 Å². The molecule has 0 saturated heterocycles. The molecule has 3 aromatic rings. The predicted molar refractivity (Wildman–Crippen MR) is 131 cm³/mol. The van der Waals surface area contributed by atoms with Crippen LogP contribution in [0.2, 0.25) is 5.02 Å². The maximum absolute atomic E-state index is 12.6. The Balaban J connectivity index is 1.94. The number of nitrogens with zero attached hydrogens (tertiary/aromatic N) is 2. The number of sulfonamides is 1. The van der Waals surface area contributed by atoms with Crippen molar-refractivity contribution in [2.75, 3.05) is 6.54 Å². The lowest BCUT2D eigenvalue weighted by Gasteiger charge is -2.19. The van der Waals surface area contributed by atoms with Gasteiger partial charge in [0.05, 0.1) is 4.90 Å². The van der Waals surface area contributed by atoms with Crippen molar-refractivity contribution >= 4 is 21.6 Å². The van der Waals surface area contributed by atoms with Gasteiger partial charge < -0.3 is 0 Å². The van der Waals surface area contributed by atoms with E-state index in [0.29, 0.717) is 11.6 Å². The maximum Gasteiger partial charge on any atom is 0.240 e. The molecule has 0 fully saturated rings. The van der Waals surface area contributed by atoms with Crippen LogP contribution in [-0.4, -0.2) is 24.9 Å². The number of rotatable bonds is 5. The highest BCUT2D eigenvalue weighted by Gasteiger charge is 2.20. The molecule has 0 spiro atoms. The van der Waals surface area contributed by atoms with E-state index >= 15 is 0 Å². The fourth-order valence-electron chi connectivity index (χ4n) is 3.06. The quantitative estimate of drug-likeness (QED) is 0.489. The van der Waals surface area contributed by atoms with Crippen molar-refractivity contribution in [3.05, 3.63) is 65.7 Å². The Morgan fingerprint density at radius 3 is 2.22 bits per heavy atom. The fraction of sp³-hybridized carbons (Fsp3) is 0.360. The summed E-state index contributed by atoms with van der Waals surface area (Å²) in [6.07, 6.45) is 5.33. The van der Waals surface area contributed by atoms with Crippen LogP contribution in [0.3, 0.4) is 0 Å². The molecule has 7 heteroatoms. The SMILES string of the molecule is CC(C)(C)CNS(=O)(=O)c1ccc(-c2cncc(-c3ccnc(C(C)(C)C)c3)c2)c(Cl)c1. The zero-order valence-corrected chi connectivity index (χ0v) is 21.0. The Morgan fingerprint density at radius 2 is 1.59 bits per heavy atom. The summed E-state index contributed by atoms with van der Waals surface area (Å²) in [5.74, 6) is 0. The van der Waals surface area contributed by atoms with E-state index in [4.69, 9.17) is 11.6 Å². The smallest absolute Gasteiger partial charge is 0.240 e. The Bertz CT molecular complexity index is 1230. The molecule has 0 unspecified atom stereocenters. The maximum atomic E-state index is 12.6. The first-order valence-electron chi connectivity index (χ1n) is 10.5. The Kier molecular flexibility index (Phi) is 6.80. The minimum atomic E-state index is -3.64. The van der Waals surface area contributed by atoms with Gasteiger partial charge in [-0.05, 0) is 41.3 Å². The van der Waals surface area contributed by atoms with Crippen LogP contribution >= 0.6 is 11.6 Å². The van der Waals surface area contributed by atoms with E-state index in [1.807, 2.05) is 32.9 Å². The first-order chi connectivity index (χ1) is 14.8. The summed E-state index contributed by atoms with van der Waals surface area (Å²) < 4.78 is 27.9. The summed E-state index contributed by atoms with van der Waals surface area (Å²) in [6, 6.07) is 10.8. The van der Waals surface area contributed by atoms with E-state index in [2.05, 4.69) is 41.5 Å². The summed E-state index contributed by atoms with van der Waals surface area (Å²) >= 11 is 6.51. The first kappa shape index (κ1) is 24.4. The highest BCUT2D eigenvalue weighted by Crippen LogP contribution is 2.33. The van der Waals surface area contributed by atoms with Crippen LogP contribution in [0.25, 0.3) is 22.3 Å². The molecule has 0 aliphatic rings. The standard InChI is InChI=1S/C25H30ClN3O2S/c1-24(2,3)16-29-32(30,31)20-7-8-21(22(26)13-20)19-11-18(14-27-15-19)17-9-10-28-23(12-17)25(4,5)6/h7-15,29H,16H2,1-6H3. The molecular formula is C25H30ClN3O2S. The average molecular weight is 472 g/mol. The Labute approximate surface area is 196 Å². The second kappa shape index (κ2) is 8.93. The zero-order valence-electron chi connectivity index (χ0n) is 19.4. The van der Waals surface area contributed by atoms with E-state index in [9.17, 15) is 8.42 Å². The predicted octanol–water partition coefficient (Wildman–Crippen LogP) is 6.09. The highest BCUT2D eigenvalue weighted by molar-refractivity contribution is 7.89. The second-order valence-corrected chi connectivity index (χ2v) is 12.3. The van der Waals surface area contributed by atoms with E-state index in [1.165, 1.54) is 6.07 Å². The zero-order chi connectivity index (χ0) is 23.7. The molecule has 0 amide bonds. The number of hydrogen-bond donors (Lipinski definition) is 1. The van der Waals surface area contributed by atoms with Crippen molar-refractivity contribution in [1.29, 1.82) is 0 Å². The minimum Gasteiger partial charge on any atom is -0.263 e. The van der Waals surface area contributed by atoms with Crippen molar-refractivity contribution < 1.29 is 8.42 Å². The van der Waals surface area contributed by atoms with Crippen molar-refractivity contribution in [3.63, 3.8) is 0 Å². The van der Waals surface area contributed by atoms with E-state index < -0.39 is 10.0 Å². The molecule has 1 aromatic carbocycles. The molecule has 0 atom stereocenters. The molecule has 0 aliphatic heterocycles. The Hall–Kier alpha value is -2.28. The summed E-state index contributed by atoms with van der Waals surface area (Å²) in [5.41, 5.74) is 4.26. The molecule has 0 bridgehead atoms. The van der Waals surface area contributed by atoms with Crippen LogP contribution in [-0.2, 0) is 15.4 Å². The van der Waals surface area contributed by atoms with Crippen LogP contribution < -0.4 is 4.72 Å². The lowest BCUT2D eigenvalue weighted by molar-refractivity contribution is 0.407. The van der Waals surface area contributed by atoms with Gasteiger partial charge in [-0.1, -0.05) is 59.2 Å². The second-order valence-electron chi connectivity index (χ2n) is 10.2. The third-order valence-electron chi connectivity index (χ3n) is 4.95. The molecular weight excluding hydrogens is 442 g/mol. The molecule has 0 saturated carbocycles. The van der Waals surface area contributed by atoms with Gasteiger partial charge in [0.15, 0.2) is 0 Å². The highest BCUT2D eigenvalue weighted by atomic mass is 35.5. The van der Waals surface area contributed by atoms with Crippen molar-refractivity contribution in [2.45, 2.75) is 51.9 Å². The largest absolute Gasteiger partial charge is 0.263 e. The molecule has 0 aliphatic carbocycles. The molecule has 2 heterocycles. The van der Waals surface area contributed by atoms with Gasteiger partial charge in [-0.3, -0.25) is 9.97 Å². The van der Waals surface area contributed by atoms with Gasteiger partial charge in [-0.15, -0.1) is 0 Å². The summed E-state index contributed by atoms with van der Waals surface area (Å²) in [7, 11) is -3.64. The van der Waals surface area contributed by atoms with Gasteiger partial charge in [0.25, 0.3) is 0 Å². The summed E-state index contributed by atoms with van der Waals surface area (Å²) in [5, 5.41) is 0.354. The van der Waals surface area contributed by atoms with Gasteiger partial charge in [-0.2, -0.15) is 0 Å². The Morgan fingerprint density at radius 1 is 0.906 bits per heavy atom. The molecule has 170 valence electrons. The lowest BCUT2D eigenvalue weighted by Crippen LogP contribution is -2.32. The van der Waals surface area contributed by atoms with Crippen molar-refractivity contribution in [2.24, 2.45) is 5.41 Å². The van der Waals surface area contributed by atoms with Crippen LogP contribution in [0.1, 0.15) is 47.2 Å². The molecule has 5 nitrogen and oxygen atoms in total. The number of pyridine rings is 2. The first-order valence-corrected chi connectivity index (χ1v) is 12.3.